The van der Waals surface area contributed by atoms with Gasteiger partial charge in [-0.2, -0.15) is 4.98 Å². The van der Waals surface area contributed by atoms with Crippen molar-refractivity contribution in [2.75, 3.05) is 10.7 Å². The van der Waals surface area contributed by atoms with Crippen LogP contribution in [0.25, 0.3) is 11.3 Å². The summed E-state index contributed by atoms with van der Waals surface area (Å²) in [5.74, 6) is 1.77. The van der Waals surface area contributed by atoms with E-state index < -0.39 is 6.23 Å². The second-order valence-corrected chi connectivity index (χ2v) is 9.92. The zero-order chi connectivity index (χ0) is 23.7. The number of hydrogen-bond acceptors (Lipinski definition) is 6. The van der Waals surface area contributed by atoms with E-state index in [1.165, 1.54) is 0 Å². The number of carbonyl (C=O) groups excluding carboxylic acids is 1. The number of nitrogens with zero attached hydrogens (tertiary/aromatic N) is 4. The van der Waals surface area contributed by atoms with Crippen molar-refractivity contribution in [2.24, 2.45) is 5.92 Å². The number of thioether (sulfide) groups is 1. The molecule has 7 heteroatoms. The minimum atomic E-state index is -0.654. The van der Waals surface area contributed by atoms with E-state index in [9.17, 15) is 4.79 Å². The van der Waals surface area contributed by atoms with Crippen molar-refractivity contribution in [1.29, 1.82) is 0 Å². The van der Waals surface area contributed by atoms with Crippen LogP contribution in [0.3, 0.4) is 0 Å². The molecule has 4 rings (SSSR count). The predicted octanol–water partition coefficient (Wildman–Crippen LogP) is 6.05. The number of anilines is 1. The molecule has 0 bridgehead atoms. The zero-order valence-corrected chi connectivity index (χ0v) is 20.9. The van der Waals surface area contributed by atoms with Gasteiger partial charge in [-0.15, -0.1) is 10.2 Å². The molecule has 3 aromatic rings. The van der Waals surface area contributed by atoms with Gasteiger partial charge in [0.25, 0.3) is 0 Å². The molecule has 0 fully saturated rings. The summed E-state index contributed by atoms with van der Waals surface area (Å²) < 4.78 is 6.52. The summed E-state index contributed by atoms with van der Waals surface area (Å²) in [7, 11) is 0. The highest BCUT2D eigenvalue weighted by Gasteiger charge is 2.36. The third-order valence-corrected chi connectivity index (χ3v) is 6.78. The molecule has 0 radical (unpaired) electrons. The highest BCUT2D eigenvalue weighted by atomic mass is 32.2. The Hall–Kier alpha value is -2.93. The Morgan fingerprint density at radius 3 is 2.48 bits per heavy atom. The number of ether oxygens (including phenoxy) is 1. The quantitative estimate of drug-likeness (QED) is 0.430. The molecule has 0 saturated heterocycles. The van der Waals surface area contributed by atoms with Crippen LogP contribution in [-0.4, -0.2) is 26.8 Å². The first-order valence-electron chi connectivity index (χ1n) is 11.3. The largest absolute Gasteiger partial charge is 0.447 e. The summed E-state index contributed by atoms with van der Waals surface area (Å²) in [4.78, 5) is 19.9. The summed E-state index contributed by atoms with van der Waals surface area (Å²) in [6.07, 6.45) is -0.303. The van der Waals surface area contributed by atoms with Crippen LogP contribution < -0.4 is 9.64 Å². The molecule has 0 spiro atoms. The van der Waals surface area contributed by atoms with Gasteiger partial charge in [0, 0.05) is 23.3 Å². The van der Waals surface area contributed by atoms with Crippen molar-refractivity contribution in [2.45, 2.75) is 59.3 Å². The summed E-state index contributed by atoms with van der Waals surface area (Å²) >= 11 is 1.56. The van der Waals surface area contributed by atoms with Crippen molar-refractivity contribution in [1.82, 2.24) is 15.2 Å². The monoisotopic (exact) mass is 462 g/mol. The third kappa shape index (κ3) is 4.74. The fourth-order valence-electron chi connectivity index (χ4n) is 3.96. The average Bonchev–Trinajstić information content (AvgIpc) is 2.92. The van der Waals surface area contributed by atoms with Crippen LogP contribution in [-0.2, 0) is 4.79 Å². The van der Waals surface area contributed by atoms with E-state index in [-0.39, 0.29) is 5.91 Å². The first-order chi connectivity index (χ1) is 15.8. The van der Waals surface area contributed by atoms with Gasteiger partial charge in [0.15, 0.2) is 5.69 Å². The molecule has 1 unspecified atom stereocenters. The predicted molar refractivity (Wildman–Crippen MR) is 133 cm³/mol. The lowest BCUT2D eigenvalue weighted by atomic mass is 9.99. The number of amides is 1. The van der Waals surface area contributed by atoms with E-state index in [1.807, 2.05) is 58.0 Å². The van der Waals surface area contributed by atoms with Gasteiger partial charge in [0.1, 0.15) is 0 Å². The maximum atomic E-state index is 13.4. The number of aromatic nitrogens is 3. The van der Waals surface area contributed by atoms with Gasteiger partial charge >= 0.3 is 0 Å². The third-order valence-electron chi connectivity index (χ3n) is 5.51. The van der Waals surface area contributed by atoms with Crippen LogP contribution in [0.1, 0.15) is 55.7 Å². The van der Waals surface area contributed by atoms with Crippen molar-refractivity contribution >= 4 is 23.4 Å². The van der Waals surface area contributed by atoms with E-state index in [2.05, 4.69) is 30.1 Å². The van der Waals surface area contributed by atoms with Gasteiger partial charge in [-0.1, -0.05) is 74.0 Å². The number of aryl methyl sites for hydroxylation is 3. The highest BCUT2D eigenvalue weighted by Crippen LogP contribution is 2.45. The Morgan fingerprint density at radius 2 is 1.82 bits per heavy atom. The van der Waals surface area contributed by atoms with Crippen LogP contribution in [0.4, 0.5) is 5.69 Å². The molecule has 172 valence electrons. The standard InChI is InChI=1S/C26H30N4O2S/c1-7-21(31)30-23-18(6)12-17(5)13-20(23)22-24(27-26(29-28-22)33-14-15(2)3)32-25(30)19-10-8-16(4)9-11-19/h8-13,15,25H,7,14H2,1-6H3. The number of hydrogen-bond donors (Lipinski definition) is 0. The summed E-state index contributed by atoms with van der Waals surface area (Å²) in [6.45, 7) is 12.3. The molecule has 1 amide bonds. The van der Waals surface area contributed by atoms with Gasteiger partial charge in [-0.3, -0.25) is 9.69 Å². The molecule has 6 nitrogen and oxygen atoms in total. The Balaban J connectivity index is 1.95. The Labute approximate surface area is 199 Å². The van der Waals surface area contributed by atoms with Gasteiger partial charge in [-0.25, -0.2) is 0 Å². The molecule has 1 aromatic heterocycles. The maximum Gasteiger partial charge on any atom is 0.247 e. The molecule has 1 aliphatic rings. The molecule has 1 aliphatic heterocycles. The molecular weight excluding hydrogens is 432 g/mol. The van der Waals surface area contributed by atoms with Crippen LogP contribution >= 0.6 is 11.8 Å². The van der Waals surface area contributed by atoms with Crippen molar-refractivity contribution in [3.63, 3.8) is 0 Å². The Bertz CT molecular complexity index is 1180. The molecular formula is C26H30N4O2S. The fraction of sp³-hybridized carbons (Fsp3) is 0.385. The van der Waals surface area contributed by atoms with Gasteiger partial charge in [-0.05, 0) is 38.3 Å². The highest BCUT2D eigenvalue weighted by molar-refractivity contribution is 7.99. The molecule has 0 N–H and O–H groups in total. The lowest BCUT2D eigenvalue weighted by Gasteiger charge is -2.32. The Morgan fingerprint density at radius 1 is 1.09 bits per heavy atom. The normalized spacial score (nSPS) is 15.0. The lowest BCUT2D eigenvalue weighted by molar-refractivity contribution is -0.120. The molecule has 33 heavy (non-hydrogen) atoms. The van der Waals surface area contributed by atoms with E-state index in [4.69, 9.17) is 9.72 Å². The van der Waals surface area contributed by atoms with Crippen LogP contribution in [0.5, 0.6) is 5.88 Å². The van der Waals surface area contributed by atoms with Gasteiger partial charge in [0.05, 0.1) is 5.69 Å². The lowest BCUT2D eigenvalue weighted by Crippen LogP contribution is -2.37. The molecule has 1 atom stereocenters. The first-order valence-corrected chi connectivity index (χ1v) is 12.3. The fourth-order valence-corrected chi connectivity index (χ4v) is 4.69. The van der Waals surface area contributed by atoms with Crippen LogP contribution in [0, 0.1) is 26.7 Å². The molecule has 2 aromatic carbocycles. The topological polar surface area (TPSA) is 68.2 Å². The summed E-state index contributed by atoms with van der Waals surface area (Å²) in [6, 6.07) is 12.2. The van der Waals surface area contributed by atoms with Gasteiger partial charge in [0.2, 0.25) is 23.2 Å². The summed E-state index contributed by atoms with van der Waals surface area (Å²) in [5, 5.41) is 9.50. The van der Waals surface area contributed by atoms with Crippen LogP contribution in [0.2, 0.25) is 0 Å². The van der Waals surface area contributed by atoms with Crippen molar-refractivity contribution in [3.8, 4) is 17.1 Å². The van der Waals surface area contributed by atoms with Crippen LogP contribution in [0.15, 0.2) is 41.6 Å². The zero-order valence-electron chi connectivity index (χ0n) is 20.0. The second kappa shape index (κ2) is 9.51. The molecule has 0 saturated carbocycles. The second-order valence-electron chi connectivity index (χ2n) is 8.93. The van der Waals surface area contributed by atoms with Crippen molar-refractivity contribution < 1.29 is 9.53 Å². The number of rotatable bonds is 5. The van der Waals surface area contributed by atoms with Gasteiger partial charge < -0.3 is 4.74 Å². The number of carbonyl (C=O) groups is 1. The minimum absolute atomic E-state index is 0.0241. The number of benzene rings is 2. The number of fused-ring (bicyclic) bond motifs is 3. The van der Waals surface area contributed by atoms with E-state index in [0.29, 0.717) is 29.1 Å². The van der Waals surface area contributed by atoms with E-state index >= 15 is 0 Å². The SMILES string of the molecule is CCC(=O)N1c2c(C)cc(C)cc2-c2nnc(SCC(C)C)nc2OC1c1ccc(C)cc1. The average molecular weight is 463 g/mol. The first kappa shape index (κ1) is 23.2. The maximum absolute atomic E-state index is 13.4. The molecule has 0 aliphatic carbocycles. The minimum Gasteiger partial charge on any atom is -0.447 e. The Kier molecular flexibility index (Phi) is 6.70. The van der Waals surface area contributed by atoms with E-state index in [0.717, 1.165) is 39.3 Å². The smallest absolute Gasteiger partial charge is 0.247 e. The van der Waals surface area contributed by atoms with Crippen molar-refractivity contribution in [3.05, 3.63) is 58.7 Å². The molecule has 2 heterocycles. The van der Waals surface area contributed by atoms with E-state index in [1.54, 1.807) is 16.7 Å². The summed E-state index contributed by atoms with van der Waals surface area (Å²) in [5.41, 5.74) is 6.28.